The second kappa shape index (κ2) is 8.93. The van der Waals surface area contributed by atoms with E-state index >= 15 is 0 Å². The molecule has 1 heterocycles. The fraction of sp³-hybridized carbons (Fsp3) is 0.273. The van der Waals surface area contributed by atoms with Crippen molar-refractivity contribution in [3.05, 3.63) is 82.4 Å². The van der Waals surface area contributed by atoms with Crippen molar-refractivity contribution in [1.82, 2.24) is 14.9 Å². The van der Waals surface area contributed by atoms with Crippen LogP contribution in [-0.2, 0) is 6.54 Å². The fourth-order valence-corrected chi connectivity index (χ4v) is 3.49. The van der Waals surface area contributed by atoms with E-state index < -0.39 is 0 Å². The molecule has 0 spiro atoms. The number of hydrogen-bond acceptors (Lipinski definition) is 3. The van der Waals surface area contributed by atoms with Gasteiger partial charge in [0.1, 0.15) is 5.82 Å². The number of nitrogens with zero attached hydrogens (tertiary/aromatic N) is 2. The van der Waals surface area contributed by atoms with Crippen LogP contribution < -0.4 is 10.6 Å². The maximum Gasteiger partial charge on any atom is 0.252 e. The molecule has 3 rings (SSSR count). The van der Waals surface area contributed by atoms with Crippen LogP contribution in [0.4, 0.5) is 5.69 Å². The molecule has 0 aliphatic rings. The molecule has 0 aliphatic heterocycles. The van der Waals surface area contributed by atoms with Crippen LogP contribution in [0.5, 0.6) is 0 Å². The first-order valence-corrected chi connectivity index (χ1v) is 9.78. The van der Waals surface area contributed by atoms with Crippen LogP contribution in [0, 0.1) is 6.92 Å². The van der Waals surface area contributed by atoms with Gasteiger partial charge in [0.25, 0.3) is 5.91 Å². The van der Waals surface area contributed by atoms with Crippen molar-refractivity contribution in [1.29, 1.82) is 0 Å². The molecule has 0 saturated heterocycles. The van der Waals surface area contributed by atoms with Crippen LogP contribution in [0.1, 0.15) is 47.2 Å². The zero-order chi connectivity index (χ0) is 20.1. The smallest absolute Gasteiger partial charge is 0.252 e. The number of nitrogens with one attached hydrogen (secondary N) is 2. The summed E-state index contributed by atoms with van der Waals surface area (Å²) >= 11 is 6.20. The van der Waals surface area contributed by atoms with Gasteiger partial charge in [0.2, 0.25) is 0 Å². The number of rotatable bonds is 7. The van der Waals surface area contributed by atoms with Crippen LogP contribution in [0.15, 0.2) is 54.9 Å². The highest BCUT2D eigenvalue weighted by atomic mass is 35.5. The van der Waals surface area contributed by atoms with Crippen molar-refractivity contribution < 1.29 is 4.79 Å². The highest BCUT2D eigenvalue weighted by Gasteiger charge is 2.16. The number of halogens is 1. The van der Waals surface area contributed by atoms with Crippen LogP contribution in [0.2, 0.25) is 5.02 Å². The molecule has 1 amide bonds. The Morgan fingerprint density at radius 1 is 1.25 bits per heavy atom. The number of imidazole rings is 1. The molecular weight excluding hydrogens is 372 g/mol. The number of carbonyl (C=O) groups excluding carboxylic acids is 1. The van der Waals surface area contributed by atoms with Gasteiger partial charge in [-0.3, -0.25) is 4.79 Å². The first-order valence-electron chi connectivity index (χ1n) is 9.40. The molecule has 1 aromatic heterocycles. The summed E-state index contributed by atoms with van der Waals surface area (Å²) in [6, 6.07) is 13.9. The number of hydrogen-bond donors (Lipinski definition) is 2. The van der Waals surface area contributed by atoms with Crippen molar-refractivity contribution in [3.8, 4) is 0 Å². The number of carbonyl (C=O) groups is 1. The molecule has 1 atom stereocenters. The van der Waals surface area contributed by atoms with E-state index in [9.17, 15) is 4.79 Å². The van der Waals surface area contributed by atoms with Gasteiger partial charge in [0, 0.05) is 35.2 Å². The Kier molecular flexibility index (Phi) is 6.37. The zero-order valence-electron chi connectivity index (χ0n) is 16.4. The van der Waals surface area contributed by atoms with Crippen LogP contribution in [0.25, 0.3) is 0 Å². The van der Waals surface area contributed by atoms with Gasteiger partial charge in [-0.15, -0.1) is 0 Å². The molecule has 28 heavy (non-hydrogen) atoms. The molecule has 3 aromatic rings. The first kappa shape index (κ1) is 20.0. The van der Waals surface area contributed by atoms with E-state index in [-0.39, 0.29) is 11.9 Å². The molecule has 2 aromatic carbocycles. The van der Waals surface area contributed by atoms with Gasteiger partial charge in [-0.05, 0) is 44.0 Å². The minimum atomic E-state index is -0.166. The average Bonchev–Trinajstić information content (AvgIpc) is 3.17. The lowest BCUT2D eigenvalue weighted by Crippen LogP contribution is -2.26. The number of amides is 1. The lowest BCUT2D eigenvalue weighted by Gasteiger charge is -2.18. The molecular formula is C22H25ClN4O. The molecule has 6 heteroatoms. The molecule has 146 valence electrons. The predicted octanol–water partition coefficient (Wildman–Crippen LogP) is 4.82. The minimum absolute atomic E-state index is 0.129. The largest absolute Gasteiger partial charge is 0.385 e. The Hall–Kier alpha value is -2.79. The Morgan fingerprint density at radius 3 is 2.71 bits per heavy atom. The van der Waals surface area contributed by atoms with E-state index in [1.807, 2.05) is 44.3 Å². The summed E-state index contributed by atoms with van der Waals surface area (Å²) in [6.07, 6.45) is 3.70. The minimum Gasteiger partial charge on any atom is -0.385 e. The number of benzene rings is 2. The van der Waals surface area contributed by atoms with Gasteiger partial charge in [0.05, 0.1) is 12.6 Å². The molecule has 1 unspecified atom stereocenters. The molecule has 0 bridgehead atoms. The van der Waals surface area contributed by atoms with E-state index in [1.165, 1.54) is 5.56 Å². The first-order chi connectivity index (χ1) is 13.5. The normalized spacial score (nSPS) is 11.9. The van der Waals surface area contributed by atoms with Crippen molar-refractivity contribution in [3.63, 3.8) is 0 Å². The number of anilines is 1. The van der Waals surface area contributed by atoms with Gasteiger partial charge in [0.15, 0.2) is 0 Å². The van der Waals surface area contributed by atoms with Gasteiger partial charge in [-0.2, -0.15) is 0 Å². The Morgan fingerprint density at radius 2 is 2.00 bits per heavy atom. The van der Waals surface area contributed by atoms with Crippen molar-refractivity contribution in [2.24, 2.45) is 0 Å². The zero-order valence-corrected chi connectivity index (χ0v) is 17.1. The molecule has 0 radical (unpaired) electrons. The van der Waals surface area contributed by atoms with E-state index in [1.54, 1.807) is 12.3 Å². The SMILES string of the molecule is CCNc1cc(Cl)cc(C(=O)NCc2nccn2C(C)c2ccccc2)c1C. The fourth-order valence-electron chi connectivity index (χ4n) is 3.27. The summed E-state index contributed by atoms with van der Waals surface area (Å²) in [5.74, 6) is 0.636. The highest BCUT2D eigenvalue weighted by molar-refractivity contribution is 6.31. The maximum atomic E-state index is 12.8. The monoisotopic (exact) mass is 396 g/mol. The van der Waals surface area contributed by atoms with Gasteiger partial charge < -0.3 is 15.2 Å². The van der Waals surface area contributed by atoms with Crippen molar-refractivity contribution in [2.45, 2.75) is 33.4 Å². The van der Waals surface area contributed by atoms with Crippen LogP contribution >= 0.6 is 11.6 Å². The molecule has 2 N–H and O–H groups in total. The van der Waals surface area contributed by atoms with E-state index in [0.29, 0.717) is 17.1 Å². The Labute approximate surface area is 170 Å². The summed E-state index contributed by atoms with van der Waals surface area (Å²) < 4.78 is 2.07. The Bertz CT molecular complexity index is 952. The van der Waals surface area contributed by atoms with Crippen molar-refractivity contribution in [2.75, 3.05) is 11.9 Å². The summed E-state index contributed by atoms with van der Waals surface area (Å²) in [6.45, 7) is 7.14. The lowest BCUT2D eigenvalue weighted by atomic mass is 10.1. The quantitative estimate of drug-likeness (QED) is 0.602. The highest BCUT2D eigenvalue weighted by Crippen LogP contribution is 2.25. The third-order valence-corrected chi connectivity index (χ3v) is 5.06. The van der Waals surface area contributed by atoms with Crippen LogP contribution in [0.3, 0.4) is 0 Å². The van der Waals surface area contributed by atoms with Gasteiger partial charge in [-0.25, -0.2) is 4.98 Å². The van der Waals surface area contributed by atoms with E-state index in [0.717, 1.165) is 23.6 Å². The van der Waals surface area contributed by atoms with Gasteiger partial charge in [-0.1, -0.05) is 41.9 Å². The summed E-state index contributed by atoms with van der Waals surface area (Å²) in [5, 5.41) is 6.75. The summed E-state index contributed by atoms with van der Waals surface area (Å²) in [5.41, 5.74) is 3.51. The summed E-state index contributed by atoms with van der Waals surface area (Å²) in [4.78, 5) is 17.2. The van der Waals surface area contributed by atoms with Crippen LogP contribution in [-0.4, -0.2) is 22.0 Å². The molecule has 0 aliphatic carbocycles. The second-order valence-corrected chi connectivity index (χ2v) is 7.11. The standard InChI is InChI=1S/C22H25ClN4O/c1-4-24-20-13-18(23)12-19(15(20)2)22(28)26-14-21-25-10-11-27(21)16(3)17-8-6-5-7-9-17/h5-13,16,24H,4,14H2,1-3H3,(H,26,28). The average molecular weight is 397 g/mol. The second-order valence-electron chi connectivity index (χ2n) is 6.68. The van der Waals surface area contributed by atoms with E-state index in [4.69, 9.17) is 11.6 Å². The molecule has 0 fully saturated rings. The third kappa shape index (κ3) is 4.37. The van der Waals surface area contributed by atoms with E-state index in [2.05, 4.69) is 39.2 Å². The van der Waals surface area contributed by atoms with Crippen molar-refractivity contribution >= 4 is 23.2 Å². The maximum absolute atomic E-state index is 12.8. The third-order valence-electron chi connectivity index (χ3n) is 4.84. The molecule has 5 nitrogen and oxygen atoms in total. The topological polar surface area (TPSA) is 59.0 Å². The lowest BCUT2D eigenvalue weighted by molar-refractivity contribution is 0.0949. The Balaban J connectivity index is 1.76. The predicted molar refractivity (Wildman–Crippen MR) is 114 cm³/mol. The summed E-state index contributed by atoms with van der Waals surface area (Å²) in [7, 11) is 0. The van der Waals surface area contributed by atoms with Gasteiger partial charge >= 0.3 is 0 Å². The molecule has 0 saturated carbocycles. The number of aromatic nitrogens is 2.